The fourth-order valence-electron chi connectivity index (χ4n) is 3.37. The van der Waals surface area contributed by atoms with Gasteiger partial charge in [-0.3, -0.25) is 4.90 Å². The Bertz CT molecular complexity index is 417. The van der Waals surface area contributed by atoms with Gasteiger partial charge in [0.2, 0.25) is 0 Å². The van der Waals surface area contributed by atoms with Crippen LogP contribution in [0.1, 0.15) is 40.5 Å². The van der Waals surface area contributed by atoms with Crippen LogP contribution in [-0.2, 0) is 9.84 Å². The maximum absolute atomic E-state index is 12.0. The highest BCUT2D eigenvalue weighted by molar-refractivity contribution is 7.92. The molecule has 2 fully saturated rings. The van der Waals surface area contributed by atoms with E-state index in [2.05, 4.69) is 37.9 Å². The van der Waals surface area contributed by atoms with Gasteiger partial charge in [-0.25, -0.2) is 8.42 Å². The Kier molecular flexibility index (Phi) is 4.29. The summed E-state index contributed by atoms with van der Waals surface area (Å²) in [5, 5.41) is 3.44. The van der Waals surface area contributed by atoms with E-state index in [1.165, 1.54) is 0 Å². The van der Waals surface area contributed by atoms with Gasteiger partial charge in [0, 0.05) is 31.2 Å². The number of nitrogens with one attached hydrogen (secondary N) is 1. The molecule has 2 rings (SSSR count). The van der Waals surface area contributed by atoms with Gasteiger partial charge < -0.3 is 5.32 Å². The van der Waals surface area contributed by atoms with Crippen LogP contribution < -0.4 is 5.32 Å². The predicted octanol–water partition coefficient (Wildman–Crippen LogP) is 1.27. The van der Waals surface area contributed by atoms with Gasteiger partial charge in [-0.15, -0.1) is 0 Å². The number of rotatable bonds is 3. The topological polar surface area (TPSA) is 49.4 Å². The molecular weight excluding hydrogens is 260 g/mol. The van der Waals surface area contributed by atoms with Crippen molar-refractivity contribution in [3.05, 3.63) is 0 Å². The first-order valence-corrected chi connectivity index (χ1v) is 9.13. The summed E-state index contributed by atoms with van der Waals surface area (Å²) >= 11 is 0. The molecule has 4 nitrogen and oxygen atoms in total. The molecule has 2 atom stereocenters. The van der Waals surface area contributed by atoms with Crippen LogP contribution in [0.5, 0.6) is 0 Å². The predicted molar refractivity (Wildman–Crippen MR) is 79.1 cm³/mol. The summed E-state index contributed by atoms with van der Waals surface area (Å²) in [4.78, 5) is 2.41. The van der Waals surface area contributed by atoms with Gasteiger partial charge in [0.05, 0.1) is 11.0 Å². The molecule has 19 heavy (non-hydrogen) atoms. The van der Waals surface area contributed by atoms with Gasteiger partial charge in [0.15, 0.2) is 9.84 Å². The van der Waals surface area contributed by atoms with Gasteiger partial charge >= 0.3 is 0 Å². The first kappa shape index (κ1) is 15.3. The average molecular weight is 288 g/mol. The van der Waals surface area contributed by atoms with Crippen LogP contribution in [0.15, 0.2) is 0 Å². The number of piperazine rings is 1. The van der Waals surface area contributed by atoms with Crippen molar-refractivity contribution in [1.29, 1.82) is 0 Å². The van der Waals surface area contributed by atoms with E-state index in [9.17, 15) is 8.42 Å². The minimum atomic E-state index is -2.83. The Labute approximate surface area is 117 Å². The Balaban J connectivity index is 2.10. The highest BCUT2D eigenvalue weighted by atomic mass is 32.2. The SMILES string of the molecule is CC(C)C1CNC(C)(C)CN1CC1CCCS1(=O)=O. The van der Waals surface area contributed by atoms with E-state index in [-0.39, 0.29) is 10.8 Å². The molecule has 2 aliphatic rings. The fraction of sp³-hybridized carbons (Fsp3) is 1.00. The Hall–Kier alpha value is -0.130. The first-order valence-electron chi connectivity index (χ1n) is 7.42. The molecule has 0 spiro atoms. The minimum absolute atomic E-state index is 0.0771. The van der Waals surface area contributed by atoms with Crippen LogP contribution in [0.2, 0.25) is 0 Å². The largest absolute Gasteiger partial charge is 0.309 e. The van der Waals surface area contributed by atoms with Crippen molar-refractivity contribution >= 4 is 9.84 Å². The van der Waals surface area contributed by atoms with Crippen molar-refractivity contribution in [2.24, 2.45) is 5.92 Å². The summed E-state index contributed by atoms with van der Waals surface area (Å²) in [7, 11) is -2.83. The van der Waals surface area contributed by atoms with Crippen molar-refractivity contribution in [3.63, 3.8) is 0 Å². The van der Waals surface area contributed by atoms with Gasteiger partial charge in [0.1, 0.15) is 0 Å². The molecule has 112 valence electrons. The highest BCUT2D eigenvalue weighted by Gasteiger charge is 2.39. The minimum Gasteiger partial charge on any atom is -0.309 e. The summed E-state index contributed by atoms with van der Waals surface area (Å²) in [5.74, 6) is 0.937. The molecule has 0 aromatic carbocycles. The Morgan fingerprint density at radius 1 is 1.37 bits per heavy atom. The zero-order valence-electron chi connectivity index (χ0n) is 12.6. The second-order valence-corrected chi connectivity index (χ2v) is 9.54. The molecule has 0 radical (unpaired) electrons. The molecule has 2 aliphatic heterocycles. The molecule has 5 heteroatoms. The maximum atomic E-state index is 12.0. The summed E-state index contributed by atoms with van der Waals surface area (Å²) in [6, 6.07) is 0.448. The first-order chi connectivity index (χ1) is 8.71. The molecule has 0 amide bonds. The second-order valence-electron chi connectivity index (χ2n) is 7.14. The third kappa shape index (κ3) is 3.50. The molecule has 0 bridgehead atoms. The second kappa shape index (κ2) is 5.34. The quantitative estimate of drug-likeness (QED) is 0.850. The summed E-state index contributed by atoms with van der Waals surface area (Å²) < 4.78 is 24.1. The lowest BCUT2D eigenvalue weighted by Gasteiger charge is -2.47. The van der Waals surface area contributed by atoms with Crippen LogP contribution in [-0.4, -0.2) is 55.5 Å². The van der Waals surface area contributed by atoms with Crippen LogP contribution in [0.3, 0.4) is 0 Å². The molecule has 2 heterocycles. The average Bonchev–Trinajstić information content (AvgIpc) is 2.56. The summed E-state index contributed by atoms with van der Waals surface area (Å²) in [5.41, 5.74) is 0.0771. The van der Waals surface area contributed by atoms with E-state index in [0.717, 1.165) is 32.5 Å². The van der Waals surface area contributed by atoms with Gasteiger partial charge in [-0.2, -0.15) is 0 Å². The lowest BCUT2D eigenvalue weighted by atomic mass is 9.93. The summed E-state index contributed by atoms with van der Waals surface area (Å²) in [6.07, 6.45) is 1.69. The van der Waals surface area contributed by atoms with Crippen LogP contribution in [0.4, 0.5) is 0 Å². The molecule has 0 saturated carbocycles. The van der Waals surface area contributed by atoms with Crippen molar-refractivity contribution in [3.8, 4) is 0 Å². The summed E-state index contributed by atoms with van der Waals surface area (Å²) in [6.45, 7) is 11.4. The van der Waals surface area contributed by atoms with Crippen molar-refractivity contribution < 1.29 is 8.42 Å². The van der Waals surface area contributed by atoms with Crippen LogP contribution in [0, 0.1) is 5.92 Å². The van der Waals surface area contributed by atoms with E-state index in [1.807, 2.05) is 0 Å². The van der Waals surface area contributed by atoms with Gasteiger partial charge in [-0.1, -0.05) is 13.8 Å². The Morgan fingerprint density at radius 3 is 2.58 bits per heavy atom. The lowest BCUT2D eigenvalue weighted by molar-refractivity contribution is 0.0692. The van der Waals surface area contributed by atoms with Crippen LogP contribution in [0.25, 0.3) is 0 Å². The van der Waals surface area contributed by atoms with E-state index in [4.69, 9.17) is 0 Å². The van der Waals surface area contributed by atoms with Crippen molar-refractivity contribution in [1.82, 2.24) is 10.2 Å². The van der Waals surface area contributed by atoms with Gasteiger partial charge in [0.25, 0.3) is 0 Å². The van der Waals surface area contributed by atoms with Crippen molar-refractivity contribution in [2.45, 2.75) is 57.4 Å². The van der Waals surface area contributed by atoms with Crippen molar-refractivity contribution in [2.75, 3.05) is 25.4 Å². The lowest BCUT2D eigenvalue weighted by Crippen LogP contribution is -2.64. The molecule has 2 saturated heterocycles. The van der Waals surface area contributed by atoms with E-state index >= 15 is 0 Å². The smallest absolute Gasteiger partial charge is 0.154 e. The van der Waals surface area contributed by atoms with E-state index < -0.39 is 9.84 Å². The normalized spacial score (nSPS) is 34.8. The van der Waals surface area contributed by atoms with Gasteiger partial charge in [-0.05, 0) is 32.6 Å². The number of sulfone groups is 1. The molecule has 0 aliphatic carbocycles. The fourth-order valence-corrected chi connectivity index (χ4v) is 5.22. The Morgan fingerprint density at radius 2 is 2.05 bits per heavy atom. The molecule has 0 aromatic rings. The molecule has 1 N–H and O–H groups in total. The standard InChI is InChI=1S/C14H28N2O2S/c1-11(2)13-8-15-14(3,4)10-16(13)9-12-6-5-7-19(12,17)18/h11-13,15H,5-10H2,1-4H3. The molecule has 0 aromatic heterocycles. The third-order valence-corrected chi connectivity index (χ3v) is 6.79. The number of hydrogen-bond acceptors (Lipinski definition) is 4. The zero-order valence-corrected chi connectivity index (χ0v) is 13.5. The zero-order chi connectivity index (χ0) is 14.3. The number of hydrogen-bond donors (Lipinski definition) is 1. The maximum Gasteiger partial charge on any atom is 0.154 e. The van der Waals surface area contributed by atoms with Crippen LogP contribution >= 0.6 is 0 Å². The van der Waals surface area contributed by atoms with E-state index in [0.29, 0.717) is 17.7 Å². The highest BCUT2D eigenvalue weighted by Crippen LogP contribution is 2.26. The number of nitrogens with zero attached hydrogens (tertiary/aromatic N) is 1. The monoisotopic (exact) mass is 288 g/mol. The van der Waals surface area contributed by atoms with E-state index in [1.54, 1.807) is 0 Å². The molecule has 2 unspecified atom stereocenters. The molecular formula is C14H28N2O2S. The third-order valence-electron chi connectivity index (χ3n) is 4.53.